The molecule has 0 atom stereocenters. The molecule has 27 heavy (non-hydrogen) atoms. The van der Waals surface area contributed by atoms with Crippen molar-refractivity contribution < 1.29 is 9.31 Å². The predicted molar refractivity (Wildman–Crippen MR) is 101 cm³/mol. The van der Waals surface area contributed by atoms with Crippen LogP contribution in [0.4, 0.5) is 10.1 Å². The van der Waals surface area contributed by atoms with E-state index in [2.05, 4.69) is 20.5 Å². The molecule has 0 fully saturated rings. The van der Waals surface area contributed by atoms with Crippen molar-refractivity contribution in [1.29, 1.82) is 0 Å². The number of nitrogens with one attached hydrogen (secondary N) is 1. The number of anilines is 1. The third-order valence-electron chi connectivity index (χ3n) is 3.68. The number of hydrazone groups is 1. The summed E-state index contributed by atoms with van der Waals surface area (Å²) in [6.45, 7) is 1.29. The van der Waals surface area contributed by atoms with E-state index in [1.807, 2.05) is 0 Å². The number of nitro groups is 1. The smallest absolute Gasteiger partial charge is 0.358 e. The Morgan fingerprint density at radius 1 is 1.37 bits per heavy atom. The summed E-state index contributed by atoms with van der Waals surface area (Å²) in [5.41, 5.74) is 3.66. The maximum atomic E-state index is 13.2. The third-order valence-corrected chi connectivity index (χ3v) is 4.19. The van der Waals surface area contributed by atoms with Crippen molar-refractivity contribution in [2.24, 2.45) is 10.1 Å². The van der Waals surface area contributed by atoms with Crippen LogP contribution < -0.4 is 5.43 Å². The van der Waals surface area contributed by atoms with Crippen LogP contribution in [0.5, 0.6) is 0 Å². The van der Waals surface area contributed by atoms with Crippen molar-refractivity contribution in [1.82, 2.24) is 9.88 Å². The van der Waals surface area contributed by atoms with Crippen molar-refractivity contribution in [3.63, 3.8) is 0 Å². The Balaban J connectivity index is 1.79. The molecule has 0 aliphatic carbocycles. The molecule has 1 aromatic carbocycles. The van der Waals surface area contributed by atoms with Crippen molar-refractivity contribution in [2.75, 3.05) is 18.5 Å². The van der Waals surface area contributed by atoms with Crippen LogP contribution in [0.25, 0.3) is 0 Å². The van der Waals surface area contributed by atoms with Gasteiger partial charge >= 0.3 is 5.84 Å². The van der Waals surface area contributed by atoms with Gasteiger partial charge in [0.2, 0.25) is 5.84 Å². The second-order valence-corrected chi connectivity index (χ2v) is 6.34. The Morgan fingerprint density at radius 2 is 2.19 bits per heavy atom. The first-order chi connectivity index (χ1) is 12.9. The fourth-order valence-corrected chi connectivity index (χ4v) is 2.72. The zero-order chi connectivity index (χ0) is 19.4. The zero-order valence-electron chi connectivity index (χ0n) is 13.8. The minimum atomic E-state index is -0.630. The van der Waals surface area contributed by atoms with Gasteiger partial charge in [0.25, 0.3) is 0 Å². The molecular weight excluding hydrogens is 398 g/mol. The Hall–Kier alpha value is -2.78. The zero-order valence-corrected chi connectivity index (χ0v) is 15.3. The fraction of sp³-hybridized carbons (Fsp3) is 0.188. The van der Waals surface area contributed by atoms with Gasteiger partial charge in [-0.15, -0.1) is 0 Å². The standard InChI is InChI=1S/C16H13Cl2FN6O2/c17-12-7-11(2-3-13(12)19)22-23-16(25(26)27)15-20-5-6-24(15)9-10-1-4-14(18)21-8-10/h1-4,7-8,22H,5-6,9H2. The summed E-state index contributed by atoms with van der Waals surface area (Å²) in [6, 6.07) is 7.22. The minimum Gasteiger partial charge on any atom is -0.358 e. The number of pyridine rings is 1. The molecule has 2 aromatic rings. The number of nitrogens with zero attached hydrogens (tertiary/aromatic N) is 5. The van der Waals surface area contributed by atoms with Gasteiger partial charge in [-0.05, 0) is 34.8 Å². The predicted octanol–water partition coefficient (Wildman–Crippen LogP) is 3.44. The highest BCUT2D eigenvalue weighted by Gasteiger charge is 2.31. The summed E-state index contributed by atoms with van der Waals surface area (Å²) in [6.07, 6.45) is 1.60. The lowest BCUT2D eigenvalue weighted by atomic mass is 10.2. The fourth-order valence-electron chi connectivity index (χ4n) is 2.42. The molecule has 1 aliphatic rings. The molecule has 3 rings (SSSR count). The number of amidine groups is 2. The topological polar surface area (TPSA) is 96.0 Å². The molecule has 0 amide bonds. The molecule has 0 saturated heterocycles. The van der Waals surface area contributed by atoms with Crippen LogP contribution in [-0.2, 0) is 6.54 Å². The molecule has 140 valence electrons. The van der Waals surface area contributed by atoms with Crippen LogP contribution in [0, 0.1) is 15.9 Å². The monoisotopic (exact) mass is 410 g/mol. The molecular formula is C16H13Cl2FN6O2. The summed E-state index contributed by atoms with van der Waals surface area (Å²) in [4.78, 5) is 20.8. The number of benzene rings is 1. The summed E-state index contributed by atoms with van der Waals surface area (Å²) < 4.78 is 13.2. The second-order valence-electron chi connectivity index (χ2n) is 5.55. The first-order valence-electron chi connectivity index (χ1n) is 7.77. The van der Waals surface area contributed by atoms with Gasteiger partial charge in [-0.2, -0.15) is 5.43 Å². The lowest BCUT2D eigenvalue weighted by Gasteiger charge is -2.18. The molecule has 0 bridgehead atoms. The summed E-state index contributed by atoms with van der Waals surface area (Å²) >= 11 is 11.5. The Bertz CT molecular complexity index is 920. The summed E-state index contributed by atoms with van der Waals surface area (Å²) in [7, 11) is 0. The van der Waals surface area contributed by atoms with E-state index >= 15 is 0 Å². The van der Waals surface area contributed by atoms with Crippen molar-refractivity contribution in [2.45, 2.75) is 6.54 Å². The molecule has 2 heterocycles. The van der Waals surface area contributed by atoms with Crippen LogP contribution in [0.2, 0.25) is 10.2 Å². The highest BCUT2D eigenvalue weighted by Crippen LogP contribution is 2.19. The number of aromatic nitrogens is 1. The van der Waals surface area contributed by atoms with E-state index in [1.165, 1.54) is 12.1 Å². The van der Waals surface area contributed by atoms with Crippen molar-refractivity contribution in [3.05, 3.63) is 68.2 Å². The summed E-state index contributed by atoms with van der Waals surface area (Å²) in [5, 5.41) is 15.6. The number of rotatable bonds is 5. The molecule has 0 radical (unpaired) electrons. The Kier molecular flexibility index (Phi) is 5.82. The average molecular weight is 411 g/mol. The van der Waals surface area contributed by atoms with Gasteiger partial charge in [0, 0.05) is 19.3 Å². The van der Waals surface area contributed by atoms with E-state index < -0.39 is 16.6 Å². The molecule has 0 saturated carbocycles. The van der Waals surface area contributed by atoms with Crippen molar-refractivity contribution in [3.8, 4) is 0 Å². The summed E-state index contributed by atoms with van der Waals surface area (Å²) in [5.74, 6) is -0.894. The Morgan fingerprint density at radius 3 is 2.85 bits per heavy atom. The first kappa shape index (κ1) is 19.0. The number of hydrogen-bond acceptors (Lipinski definition) is 7. The van der Waals surface area contributed by atoms with Crippen LogP contribution >= 0.6 is 23.2 Å². The normalized spacial score (nSPS) is 14.3. The number of hydrogen-bond donors (Lipinski definition) is 1. The lowest BCUT2D eigenvalue weighted by Crippen LogP contribution is -2.37. The molecule has 11 heteroatoms. The van der Waals surface area contributed by atoms with Gasteiger partial charge in [-0.1, -0.05) is 29.3 Å². The highest BCUT2D eigenvalue weighted by atomic mass is 35.5. The maximum Gasteiger partial charge on any atom is 0.430 e. The molecule has 0 spiro atoms. The molecule has 1 aromatic heterocycles. The maximum absolute atomic E-state index is 13.2. The van der Waals surface area contributed by atoms with Gasteiger partial charge in [-0.25, -0.2) is 9.37 Å². The van der Waals surface area contributed by atoms with Crippen LogP contribution in [-0.4, -0.2) is 39.6 Å². The van der Waals surface area contributed by atoms with Gasteiger partial charge in [-0.3, -0.25) is 4.99 Å². The molecule has 0 unspecified atom stereocenters. The van der Waals surface area contributed by atoms with Crippen LogP contribution in [0.15, 0.2) is 46.6 Å². The highest BCUT2D eigenvalue weighted by molar-refractivity contribution is 6.37. The lowest BCUT2D eigenvalue weighted by molar-refractivity contribution is -0.346. The van der Waals surface area contributed by atoms with Gasteiger partial charge in [0.15, 0.2) is 0 Å². The number of halogens is 3. The van der Waals surface area contributed by atoms with E-state index in [4.69, 9.17) is 23.2 Å². The van der Waals surface area contributed by atoms with Crippen LogP contribution in [0.3, 0.4) is 0 Å². The van der Waals surface area contributed by atoms with Gasteiger partial charge < -0.3 is 15.0 Å². The van der Waals surface area contributed by atoms with E-state index in [0.717, 1.165) is 11.6 Å². The Labute approximate surface area is 163 Å². The van der Waals surface area contributed by atoms with E-state index in [1.54, 1.807) is 23.2 Å². The molecule has 8 nitrogen and oxygen atoms in total. The van der Waals surface area contributed by atoms with E-state index in [9.17, 15) is 14.5 Å². The van der Waals surface area contributed by atoms with E-state index in [-0.39, 0.29) is 10.9 Å². The SMILES string of the molecule is O=[N+]([O-])C(=NNc1ccc(F)c(Cl)c1)C1=NCCN1Cc1ccc(Cl)nc1. The van der Waals surface area contributed by atoms with Crippen LogP contribution in [0.1, 0.15) is 5.56 Å². The third kappa shape index (κ3) is 4.69. The van der Waals surface area contributed by atoms with Gasteiger partial charge in [0.05, 0.1) is 22.4 Å². The largest absolute Gasteiger partial charge is 0.430 e. The first-order valence-corrected chi connectivity index (χ1v) is 8.53. The quantitative estimate of drug-likeness (QED) is 0.267. The molecule has 1 N–H and O–H groups in total. The van der Waals surface area contributed by atoms with E-state index in [0.29, 0.717) is 30.5 Å². The van der Waals surface area contributed by atoms with Crippen molar-refractivity contribution >= 4 is 40.6 Å². The van der Waals surface area contributed by atoms with Gasteiger partial charge in [0.1, 0.15) is 11.0 Å². The second kappa shape index (κ2) is 8.28. The minimum absolute atomic E-state index is 0.118. The molecule has 1 aliphatic heterocycles. The average Bonchev–Trinajstić information content (AvgIpc) is 3.08. The number of aliphatic imine (C=N–C) groups is 1.